The second kappa shape index (κ2) is 4.60. The molecule has 1 N–H and O–H groups in total. The van der Waals surface area contributed by atoms with E-state index >= 15 is 0 Å². The molecule has 2 atom stereocenters. The highest BCUT2D eigenvalue weighted by Crippen LogP contribution is 2.20. The predicted octanol–water partition coefficient (Wildman–Crippen LogP) is 0.848. The SMILES string of the molecule is COC1CCN(C2CNC(C)C2)CC1. The van der Waals surface area contributed by atoms with Gasteiger partial charge in [-0.3, -0.25) is 4.90 Å². The zero-order chi connectivity index (χ0) is 9.97. The van der Waals surface area contributed by atoms with Gasteiger partial charge in [0.2, 0.25) is 0 Å². The van der Waals surface area contributed by atoms with E-state index in [-0.39, 0.29) is 0 Å². The third kappa shape index (κ3) is 2.27. The summed E-state index contributed by atoms with van der Waals surface area (Å²) in [5.74, 6) is 0. The molecule has 0 bridgehead atoms. The first-order chi connectivity index (χ1) is 6.79. The van der Waals surface area contributed by atoms with Crippen molar-refractivity contribution in [2.45, 2.75) is 44.4 Å². The Bertz CT molecular complexity index is 178. The van der Waals surface area contributed by atoms with Crippen LogP contribution in [0.3, 0.4) is 0 Å². The van der Waals surface area contributed by atoms with Crippen LogP contribution in [0.5, 0.6) is 0 Å². The number of nitrogens with zero attached hydrogens (tertiary/aromatic N) is 1. The first-order valence-corrected chi connectivity index (χ1v) is 5.80. The number of piperidine rings is 1. The van der Waals surface area contributed by atoms with Crippen molar-refractivity contribution in [1.82, 2.24) is 10.2 Å². The fraction of sp³-hybridized carbons (Fsp3) is 1.00. The molecule has 0 aromatic heterocycles. The quantitative estimate of drug-likeness (QED) is 0.712. The van der Waals surface area contributed by atoms with E-state index < -0.39 is 0 Å². The highest BCUT2D eigenvalue weighted by molar-refractivity contribution is 4.87. The Hall–Kier alpha value is -0.120. The van der Waals surface area contributed by atoms with Gasteiger partial charge in [0.15, 0.2) is 0 Å². The van der Waals surface area contributed by atoms with E-state index in [1.165, 1.54) is 38.9 Å². The van der Waals surface area contributed by atoms with E-state index in [1.54, 1.807) is 0 Å². The second-order valence-corrected chi connectivity index (χ2v) is 4.67. The van der Waals surface area contributed by atoms with Crippen LogP contribution in [-0.2, 0) is 4.74 Å². The van der Waals surface area contributed by atoms with Gasteiger partial charge in [0, 0.05) is 38.8 Å². The average Bonchev–Trinajstić information content (AvgIpc) is 2.65. The maximum absolute atomic E-state index is 5.38. The average molecular weight is 198 g/mol. The van der Waals surface area contributed by atoms with Crippen LogP contribution in [0.4, 0.5) is 0 Å². The smallest absolute Gasteiger partial charge is 0.0595 e. The summed E-state index contributed by atoms with van der Waals surface area (Å²) in [6.45, 7) is 5.90. The van der Waals surface area contributed by atoms with Gasteiger partial charge in [0.25, 0.3) is 0 Å². The van der Waals surface area contributed by atoms with Gasteiger partial charge in [-0.2, -0.15) is 0 Å². The van der Waals surface area contributed by atoms with Gasteiger partial charge in [0.1, 0.15) is 0 Å². The Kier molecular flexibility index (Phi) is 3.42. The van der Waals surface area contributed by atoms with E-state index in [0.29, 0.717) is 12.1 Å². The van der Waals surface area contributed by atoms with Crippen LogP contribution in [0.15, 0.2) is 0 Å². The van der Waals surface area contributed by atoms with Gasteiger partial charge >= 0.3 is 0 Å². The molecule has 14 heavy (non-hydrogen) atoms. The van der Waals surface area contributed by atoms with Crippen LogP contribution in [0.2, 0.25) is 0 Å². The van der Waals surface area contributed by atoms with Crippen molar-refractivity contribution in [3.05, 3.63) is 0 Å². The molecular formula is C11H22N2O. The molecule has 2 fully saturated rings. The fourth-order valence-electron chi connectivity index (χ4n) is 2.67. The molecule has 0 aromatic carbocycles. The number of nitrogens with one attached hydrogen (secondary N) is 1. The van der Waals surface area contributed by atoms with Gasteiger partial charge in [-0.25, -0.2) is 0 Å². The van der Waals surface area contributed by atoms with Crippen LogP contribution in [-0.4, -0.2) is 49.8 Å². The zero-order valence-corrected chi connectivity index (χ0v) is 9.33. The monoisotopic (exact) mass is 198 g/mol. The predicted molar refractivity (Wildman–Crippen MR) is 57.5 cm³/mol. The molecule has 0 spiro atoms. The standard InChI is InChI=1S/C11H22N2O/c1-9-7-10(8-12-9)13-5-3-11(14-2)4-6-13/h9-12H,3-8H2,1-2H3. The minimum absolute atomic E-state index is 0.512. The number of rotatable bonds is 2. The fourth-order valence-corrected chi connectivity index (χ4v) is 2.67. The number of hydrogen-bond acceptors (Lipinski definition) is 3. The second-order valence-electron chi connectivity index (χ2n) is 4.67. The summed E-state index contributed by atoms with van der Waals surface area (Å²) in [7, 11) is 1.83. The Labute approximate surface area is 86.8 Å². The molecule has 2 unspecified atom stereocenters. The third-order valence-corrected chi connectivity index (χ3v) is 3.65. The molecule has 2 heterocycles. The van der Waals surface area contributed by atoms with E-state index in [2.05, 4.69) is 17.1 Å². The summed E-state index contributed by atoms with van der Waals surface area (Å²) in [6, 6.07) is 1.49. The molecule has 2 rings (SSSR count). The van der Waals surface area contributed by atoms with Crippen molar-refractivity contribution in [2.24, 2.45) is 0 Å². The van der Waals surface area contributed by atoms with Crippen molar-refractivity contribution < 1.29 is 4.74 Å². The minimum atomic E-state index is 0.512. The molecule has 0 saturated carbocycles. The molecule has 0 aromatic rings. The summed E-state index contributed by atoms with van der Waals surface area (Å²) >= 11 is 0. The highest BCUT2D eigenvalue weighted by Gasteiger charge is 2.29. The summed E-state index contributed by atoms with van der Waals surface area (Å²) in [5.41, 5.74) is 0. The molecule has 0 aliphatic carbocycles. The Balaban J connectivity index is 1.78. The van der Waals surface area contributed by atoms with Crippen molar-refractivity contribution in [3.8, 4) is 0 Å². The Morgan fingerprint density at radius 3 is 2.50 bits per heavy atom. The molecule has 0 amide bonds. The van der Waals surface area contributed by atoms with Crippen molar-refractivity contribution in [2.75, 3.05) is 26.7 Å². The van der Waals surface area contributed by atoms with Crippen LogP contribution in [0, 0.1) is 0 Å². The van der Waals surface area contributed by atoms with Crippen molar-refractivity contribution in [1.29, 1.82) is 0 Å². The van der Waals surface area contributed by atoms with Crippen LogP contribution in [0.25, 0.3) is 0 Å². The lowest BCUT2D eigenvalue weighted by Gasteiger charge is -2.35. The topological polar surface area (TPSA) is 24.5 Å². The van der Waals surface area contributed by atoms with Gasteiger partial charge in [-0.05, 0) is 26.2 Å². The maximum Gasteiger partial charge on any atom is 0.0595 e. The maximum atomic E-state index is 5.38. The molecule has 3 heteroatoms. The first kappa shape index (κ1) is 10.4. The molecule has 2 saturated heterocycles. The summed E-state index contributed by atoms with van der Waals surface area (Å²) in [4.78, 5) is 2.63. The summed E-state index contributed by atoms with van der Waals surface area (Å²) in [6.07, 6.45) is 4.25. The molecule has 82 valence electrons. The van der Waals surface area contributed by atoms with E-state index in [4.69, 9.17) is 4.74 Å². The normalized spacial score (nSPS) is 36.4. The highest BCUT2D eigenvalue weighted by atomic mass is 16.5. The number of ether oxygens (including phenoxy) is 1. The molecule has 0 radical (unpaired) electrons. The van der Waals surface area contributed by atoms with E-state index in [9.17, 15) is 0 Å². The lowest BCUT2D eigenvalue weighted by Crippen LogP contribution is -2.44. The van der Waals surface area contributed by atoms with E-state index in [1.807, 2.05) is 7.11 Å². The number of hydrogen-bond donors (Lipinski definition) is 1. The molecular weight excluding hydrogens is 176 g/mol. The third-order valence-electron chi connectivity index (χ3n) is 3.65. The summed E-state index contributed by atoms with van der Waals surface area (Å²) in [5, 5.41) is 3.52. The number of likely N-dealkylation sites (tertiary alicyclic amines) is 1. The van der Waals surface area contributed by atoms with Crippen LogP contribution < -0.4 is 5.32 Å². The molecule has 2 aliphatic rings. The van der Waals surface area contributed by atoms with Crippen LogP contribution >= 0.6 is 0 Å². The van der Waals surface area contributed by atoms with Gasteiger partial charge in [-0.1, -0.05) is 0 Å². The zero-order valence-electron chi connectivity index (χ0n) is 9.33. The first-order valence-electron chi connectivity index (χ1n) is 5.80. The van der Waals surface area contributed by atoms with E-state index in [0.717, 1.165) is 6.04 Å². The summed E-state index contributed by atoms with van der Waals surface area (Å²) < 4.78 is 5.38. The number of methoxy groups -OCH3 is 1. The van der Waals surface area contributed by atoms with Gasteiger partial charge in [-0.15, -0.1) is 0 Å². The Morgan fingerprint density at radius 2 is 2.00 bits per heavy atom. The van der Waals surface area contributed by atoms with Crippen molar-refractivity contribution >= 4 is 0 Å². The van der Waals surface area contributed by atoms with Gasteiger partial charge in [0.05, 0.1) is 6.10 Å². The largest absolute Gasteiger partial charge is 0.381 e. The van der Waals surface area contributed by atoms with Crippen LogP contribution in [0.1, 0.15) is 26.2 Å². The molecule has 2 aliphatic heterocycles. The lowest BCUT2D eigenvalue weighted by atomic mass is 10.0. The molecule has 3 nitrogen and oxygen atoms in total. The lowest BCUT2D eigenvalue weighted by molar-refractivity contribution is 0.0297. The minimum Gasteiger partial charge on any atom is -0.381 e. The van der Waals surface area contributed by atoms with Crippen molar-refractivity contribution in [3.63, 3.8) is 0 Å². The Morgan fingerprint density at radius 1 is 1.29 bits per heavy atom. The van der Waals surface area contributed by atoms with Gasteiger partial charge < -0.3 is 10.1 Å².